The summed E-state index contributed by atoms with van der Waals surface area (Å²) >= 11 is 0. The second-order valence-corrected chi connectivity index (χ2v) is 21.1. The average molecular weight is 865 g/mol. The predicted molar refractivity (Wildman–Crippen MR) is 226 cm³/mol. The Bertz CT molecular complexity index is 2190. The number of aromatic nitrogens is 1. The van der Waals surface area contributed by atoms with Crippen LogP contribution in [0.3, 0.4) is 0 Å². The molecular weight excluding hydrogens is 805 g/mol. The lowest BCUT2D eigenvalue weighted by atomic mass is 9.88. The minimum Gasteiger partial charge on any atom is -0.497 e. The molecule has 0 bridgehead atoms. The molecule has 3 aliphatic heterocycles. The highest BCUT2D eigenvalue weighted by atomic mass is 32.2. The molecule has 3 saturated carbocycles. The fourth-order valence-electron chi connectivity index (χ4n) is 8.88. The Hall–Kier alpha value is -4.64. The van der Waals surface area contributed by atoms with E-state index in [1.807, 2.05) is 50.3 Å². The molecule has 8 rings (SSSR count). The minimum atomic E-state index is -4.01. The molecule has 7 atom stereocenters. The first kappa shape index (κ1) is 43.0. The van der Waals surface area contributed by atoms with E-state index in [0.717, 1.165) is 24.6 Å². The van der Waals surface area contributed by atoms with Gasteiger partial charge in [0, 0.05) is 36.2 Å². The Balaban J connectivity index is 1.13. The van der Waals surface area contributed by atoms with E-state index in [9.17, 15) is 22.8 Å². The molecule has 3 aliphatic carbocycles. The van der Waals surface area contributed by atoms with Gasteiger partial charge in [0.2, 0.25) is 27.7 Å². The summed E-state index contributed by atoms with van der Waals surface area (Å²) in [6.07, 6.45) is 7.49. The number of anilines is 1. The van der Waals surface area contributed by atoms with Gasteiger partial charge in [0.1, 0.15) is 35.3 Å². The van der Waals surface area contributed by atoms with E-state index in [0.29, 0.717) is 74.8 Å². The zero-order valence-electron chi connectivity index (χ0n) is 35.9. The number of nitrogens with one attached hydrogen (secondary N) is 3. The van der Waals surface area contributed by atoms with Gasteiger partial charge >= 0.3 is 6.09 Å². The second-order valence-electron chi connectivity index (χ2n) is 18.9. The van der Waals surface area contributed by atoms with Crippen molar-refractivity contribution in [2.45, 2.75) is 114 Å². The number of pyridine rings is 1. The number of methoxy groups -OCH3 is 1. The number of carbonyl (C=O) groups is 4. The highest BCUT2D eigenvalue weighted by Crippen LogP contribution is 2.48. The van der Waals surface area contributed by atoms with Crippen molar-refractivity contribution in [3.8, 4) is 11.6 Å². The van der Waals surface area contributed by atoms with E-state index in [1.54, 1.807) is 14.0 Å². The number of hydrogen-bond acceptors (Lipinski definition) is 12. The number of benzene rings is 1. The number of allylic oxidation sites excluding steroid dienone is 1. The number of alkyl carbamates (subject to hydrolysis) is 1. The molecular formula is C44H60N6O10S. The predicted octanol–water partition coefficient (Wildman–Crippen LogP) is 4.21. The lowest BCUT2D eigenvalue weighted by molar-refractivity contribution is -0.142. The molecule has 2 aromatic rings. The molecule has 1 aromatic carbocycles. The fraction of sp³-hybridized carbons (Fsp3) is 0.659. The molecule has 0 radical (unpaired) electrons. The summed E-state index contributed by atoms with van der Waals surface area (Å²) in [4.78, 5) is 65.7. The molecule has 4 amide bonds. The van der Waals surface area contributed by atoms with Gasteiger partial charge in [-0.05, 0) is 99.8 Å². The van der Waals surface area contributed by atoms with Gasteiger partial charge in [-0.1, -0.05) is 32.9 Å². The summed E-state index contributed by atoms with van der Waals surface area (Å²) in [5.74, 6) is -0.877. The SMILES string of the molecule is COc1ccc2c(O[C@@H]3C[C@H]4C(=O)N[C@]5(C(=O)NS(=O)(=O)C6(C)CC6)C[C@H]5/C=C\CC[C@H](C)C[C@@H](C)[C@H](NC(=O)OCC5(C)CC5)C(=O)N4C3)nc(N3CCOCC3)cc2c1. The Labute approximate surface area is 357 Å². The summed E-state index contributed by atoms with van der Waals surface area (Å²) in [5.41, 5.74) is -1.61. The van der Waals surface area contributed by atoms with Crippen LogP contribution in [0.25, 0.3) is 10.8 Å². The maximum absolute atomic E-state index is 15.0. The maximum Gasteiger partial charge on any atom is 0.407 e. The first-order chi connectivity index (χ1) is 29.0. The van der Waals surface area contributed by atoms with E-state index in [1.165, 1.54) is 4.90 Å². The Morgan fingerprint density at radius 1 is 1.05 bits per heavy atom. The highest BCUT2D eigenvalue weighted by Gasteiger charge is 2.63. The van der Waals surface area contributed by atoms with Crippen LogP contribution in [0.15, 0.2) is 36.4 Å². The van der Waals surface area contributed by atoms with E-state index in [2.05, 4.69) is 27.2 Å². The molecule has 332 valence electrons. The lowest BCUT2D eigenvalue weighted by Crippen LogP contribution is -2.59. The van der Waals surface area contributed by atoms with Gasteiger partial charge in [-0.15, -0.1) is 0 Å². The smallest absolute Gasteiger partial charge is 0.407 e. The number of rotatable bonds is 10. The van der Waals surface area contributed by atoms with Crippen molar-refractivity contribution in [3.05, 3.63) is 36.4 Å². The summed E-state index contributed by atoms with van der Waals surface area (Å²) in [7, 11) is -2.42. The zero-order valence-corrected chi connectivity index (χ0v) is 36.7. The van der Waals surface area contributed by atoms with Crippen LogP contribution < -0.4 is 29.7 Å². The molecule has 6 aliphatic rings. The van der Waals surface area contributed by atoms with E-state index >= 15 is 4.79 Å². The van der Waals surface area contributed by atoms with E-state index in [-0.39, 0.29) is 43.2 Å². The van der Waals surface area contributed by atoms with Gasteiger partial charge in [0.25, 0.3) is 5.91 Å². The van der Waals surface area contributed by atoms with Gasteiger partial charge in [-0.3, -0.25) is 19.1 Å². The number of carbonyl (C=O) groups excluding carboxylic acids is 4. The number of sulfonamides is 1. The Kier molecular flexibility index (Phi) is 11.7. The molecule has 1 aromatic heterocycles. The quantitative estimate of drug-likeness (QED) is 0.289. The van der Waals surface area contributed by atoms with Crippen LogP contribution in [-0.4, -0.2) is 117 Å². The molecule has 17 heteroatoms. The van der Waals surface area contributed by atoms with E-state index < -0.39 is 68.2 Å². The molecule has 61 heavy (non-hydrogen) atoms. The van der Waals surface area contributed by atoms with Gasteiger partial charge in [0.15, 0.2) is 0 Å². The maximum atomic E-state index is 15.0. The van der Waals surface area contributed by atoms with Crippen molar-refractivity contribution in [3.63, 3.8) is 0 Å². The molecule has 16 nitrogen and oxygen atoms in total. The first-order valence-corrected chi connectivity index (χ1v) is 23.3. The third-order valence-corrected chi connectivity index (χ3v) is 15.9. The van der Waals surface area contributed by atoms with Crippen LogP contribution >= 0.6 is 0 Å². The van der Waals surface area contributed by atoms with Gasteiger partial charge in [-0.2, -0.15) is 4.98 Å². The molecule has 5 fully saturated rings. The number of hydrogen-bond donors (Lipinski definition) is 3. The van der Waals surface area contributed by atoms with Crippen molar-refractivity contribution < 1.29 is 46.5 Å². The average Bonchev–Trinajstić information content (AvgIpc) is 4.20. The Morgan fingerprint density at radius 3 is 2.51 bits per heavy atom. The van der Waals surface area contributed by atoms with Crippen LogP contribution in [-0.2, 0) is 33.9 Å². The number of ether oxygens (including phenoxy) is 4. The molecule has 2 saturated heterocycles. The third kappa shape index (κ3) is 9.13. The lowest BCUT2D eigenvalue weighted by Gasteiger charge is -2.33. The number of morpholine rings is 1. The van der Waals surface area contributed by atoms with Crippen LogP contribution in [0.4, 0.5) is 10.6 Å². The molecule has 4 heterocycles. The monoisotopic (exact) mass is 864 g/mol. The van der Waals surface area contributed by atoms with Gasteiger partial charge < -0.3 is 39.4 Å². The number of amides is 4. The van der Waals surface area contributed by atoms with Crippen molar-refractivity contribution in [2.24, 2.45) is 23.2 Å². The van der Waals surface area contributed by atoms with Gasteiger partial charge in [0.05, 0.1) is 38.2 Å². The number of fused-ring (bicyclic) bond motifs is 3. The summed E-state index contributed by atoms with van der Waals surface area (Å²) in [6.45, 7) is 10.2. The normalized spacial score (nSPS) is 31.3. The van der Waals surface area contributed by atoms with Crippen molar-refractivity contribution in [2.75, 3.05) is 51.5 Å². The highest BCUT2D eigenvalue weighted by molar-refractivity contribution is 7.91. The van der Waals surface area contributed by atoms with Crippen molar-refractivity contribution >= 4 is 50.4 Å². The Morgan fingerprint density at radius 2 is 1.80 bits per heavy atom. The zero-order chi connectivity index (χ0) is 43.3. The van der Waals surface area contributed by atoms with Crippen molar-refractivity contribution in [1.29, 1.82) is 0 Å². The fourth-order valence-corrected chi connectivity index (χ4v) is 10.2. The van der Waals surface area contributed by atoms with Crippen molar-refractivity contribution in [1.82, 2.24) is 25.2 Å². The molecule has 0 unspecified atom stereocenters. The van der Waals surface area contributed by atoms with Crippen LogP contribution in [0, 0.1) is 23.2 Å². The number of nitrogens with zero attached hydrogens (tertiary/aromatic N) is 3. The van der Waals surface area contributed by atoms with E-state index in [4.69, 9.17) is 23.9 Å². The molecule has 3 N–H and O–H groups in total. The second kappa shape index (κ2) is 16.6. The first-order valence-electron chi connectivity index (χ1n) is 21.8. The molecule has 0 spiro atoms. The van der Waals surface area contributed by atoms with Crippen LogP contribution in [0.1, 0.15) is 85.5 Å². The summed E-state index contributed by atoms with van der Waals surface area (Å²) in [5, 5.41) is 7.36. The third-order valence-electron chi connectivity index (χ3n) is 13.8. The standard InChI is InChI=1S/C44H60N6O10S/c1-27-8-6-7-9-30-24-44(30,40(53)48-61(55,56)43(4)14-15-43)47-37(51)34-23-32(25-50(34)39(52)36(28(2)20-27)46-41(54)59-26-42(3)12-13-42)60-38-33-11-10-31(57-5)21-29(33)22-35(45-38)49-16-18-58-19-17-49/h7,9-11,21-22,27-28,30,32,34,36H,6,8,12-20,23-26H2,1-5H3,(H,46,54)(H,47,51)(H,48,53)/b9-7-/t27-,28+,30+,32+,34-,36-,44+/m0/s1. The summed E-state index contributed by atoms with van der Waals surface area (Å²) < 4.78 is 51.4. The minimum absolute atomic E-state index is 0.0269. The summed E-state index contributed by atoms with van der Waals surface area (Å²) in [6, 6.07) is 5.38. The largest absolute Gasteiger partial charge is 0.497 e. The van der Waals surface area contributed by atoms with Crippen LogP contribution in [0.5, 0.6) is 11.6 Å². The van der Waals surface area contributed by atoms with Crippen LogP contribution in [0.2, 0.25) is 0 Å². The van der Waals surface area contributed by atoms with Gasteiger partial charge in [-0.25, -0.2) is 13.2 Å². The topological polar surface area (TPSA) is 195 Å².